The van der Waals surface area contributed by atoms with E-state index < -0.39 is 31.0 Å². The van der Waals surface area contributed by atoms with Crippen molar-refractivity contribution in [3.63, 3.8) is 0 Å². The molecule has 4 N–H and O–H groups in total. The van der Waals surface area contributed by atoms with Crippen molar-refractivity contribution in [1.82, 2.24) is 0 Å². The molecule has 8 nitrogen and oxygen atoms in total. The average Bonchev–Trinajstić information content (AvgIpc) is 2.65. The van der Waals surface area contributed by atoms with Crippen molar-refractivity contribution in [3.8, 4) is 11.5 Å². The molecular formula is C18H26O8. The molecule has 8 heteroatoms. The zero-order chi connectivity index (χ0) is 19.5. The summed E-state index contributed by atoms with van der Waals surface area (Å²) in [6.45, 7) is 1.26. The molecule has 4 atom stereocenters. The summed E-state index contributed by atoms with van der Waals surface area (Å²) in [5, 5.41) is 37.6. The maximum atomic E-state index is 11.6. The first-order valence-corrected chi connectivity index (χ1v) is 8.50. The number of esters is 1. The van der Waals surface area contributed by atoms with E-state index in [0.29, 0.717) is 12.2 Å². The van der Waals surface area contributed by atoms with Gasteiger partial charge in [0, 0.05) is 6.42 Å². The molecule has 0 heterocycles. The minimum atomic E-state index is -1.75. The average molecular weight is 370 g/mol. The summed E-state index contributed by atoms with van der Waals surface area (Å²) >= 11 is 0. The van der Waals surface area contributed by atoms with Crippen LogP contribution in [0, 0.1) is 0 Å². The molecule has 0 aliphatic carbocycles. The summed E-state index contributed by atoms with van der Waals surface area (Å²) < 4.78 is 10.4. The van der Waals surface area contributed by atoms with Crippen LogP contribution in [0.1, 0.15) is 32.6 Å². The Morgan fingerprint density at radius 2 is 1.69 bits per heavy atom. The smallest absolute Gasteiger partial charge is 0.311 e. The van der Waals surface area contributed by atoms with Crippen LogP contribution < -0.4 is 9.47 Å². The molecule has 0 fully saturated rings. The zero-order valence-electron chi connectivity index (χ0n) is 14.7. The standard InChI is InChI=1S/C18H26O8/c1-2-3-4-5-16(22)26-13-8-6-12(7-9-13)25-15(11-20)18(24)17(23)14(21)10-19/h6-9,11,14-15,17-19,21,23-24H,2-5,10H2,1H3/t14-,15+,17-,18-/m1/s1. The van der Waals surface area contributed by atoms with E-state index in [0.717, 1.165) is 19.3 Å². The van der Waals surface area contributed by atoms with Crippen LogP contribution >= 0.6 is 0 Å². The van der Waals surface area contributed by atoms with Gasteiger partial charge in [0.15, 0.2) is 12.4 Å². The fourth-order valence-electron chi connectivity index (χ4n) is 2.15. The maximum Gasteiger partial charge on any atom is 0.311 e. The summed E-state index contributed by atoms with van der Waals surface area (Å²) in [6.07, 6.45) is -3.21. The second-order valence-electron chi connectivity index (χ2n) is 5.85. The van der Waals surface area contributed by atoms with Gasteiger partial charge in [0.1, 0.15) is 29.8 Å². The van der Waals surface area contributed by atoms with E-state index in [1.807, 2.05) is 6.92 Å². The van der Waals surface area contributed by atoms with Gasteiger partial charge in [-0.3, -0.25) is 9.59 Å². The van der Waals surface area contributed by atoms with E-state index in [1.165, 1.54) is 24.3 Å². The van der Waals surface area contributed by atoms with Gasteiger partial charge in [0.05, 0.1) is 6.61 Å². The molecule has 0 saturated heterocycles. The Morgan fingerprint density at radius 3 is 2.23 bits per heavy atom. The third-order valence-corrected chi connectivity index (χ3v) is 3.71. The van der Waals surface area contributed by atoms with Gasteiger partial charge in [-0.15, -0.1) is 0 Å². The molecule has 1 aromatic rings. The molecule has 0 aliphatic heterocycles. The van der Waals surface area contributed by atoms with Crippen LogP contribution in [0.5, 0.6) is 11.5 Å². The second-order valence-corrected chi connectivity index (χ2v) is 5.85. The van der Waals surface area contributed by atoms with Gasteiger partial charge >= 0.3 is 5.97 Å². The number of aliphatic hydroxyl groups is 4. The fourth-order valence-corrected chi connectivity index (χ4v) is 2.15. The monoisotopic (exact) mass is 370 g/mol. The van der Waals surface area contributed by atoms with E-state index in [2.05, 4.69) is 0 Å². The molecule has 0 aromatic heterocycles. The van der Waals surface area contributed by atoms with Crippen LogP contribution in [0.2, 0.25) is 0 Å². The van der Waals surface area contributed by atoms with Gasteiger partial charge in [0.25, 0.3) is 0 Å². The predicted molar refractivity (Wildman–Crippen MR) is 91.8 cm³/mol. The quantitative estimate of drug-likeness (QED) is 0.177. The molecule has 146 valence electrons. The largest absolute Gasteiger partial charge is 0.480 e. The molecule has 26 heavy (non-hydrogen) atoms. The van der Waals surface area contributed by atoms with Gasteiger partial charge < -0.3 is 29.9 Å². The van der Waals surface area contributed by atoms with E-state index in [9.17, 15) is 24.9 Å². The van der Waals surface area contributed by atoms with Crippen molar-refractivity contribution in [3.05, 3.63) is 24.3 Å². The summed E-state index contributed by atoms with van der Waals surface area (Å²) in [5.41, 5.74) is 0. The lowest BCUT2D eigenvalue weighted by molar-refractivity contribution is -0.134. The summed E-state index contributed by atoms with van der Waals surface area (Å²) in [5.74, 6) is 0.171. The van der Waals surface area contributed by atoms with Crippen LogP contribution in [-0.4, -0.2) is 63.7 Å². The van der Waals surface area contributed by atoms with Gasteiger partial charge in [-0.2, -0.15) is 0 Å². The minimum absolute atomic E-state index is 0.192. The molecule has 0 radical (unpaired) electrons. The Bertz CT molecular complexity index is 545. The number of aldehydes is 1. The topological polar surface area (TPSA) is 134 Å². The number of benzene rings is 1. The minimum Gasteiger partial charge on any atom is -0.480 e. The number of carbonyl (C=O) groups excluding carboxylic acids is 2. The van der Waals surface area contributed by atoms with Crippen LogP contribution in [0.3, 0.4) is 0 Å². The lowest BCUT2D eigenvalue weighted by Crippen LogP contribution is -2.48. The van der Waals surface area contributed by atoms with Crippen LogP contribution in [0.25, 0.3) is 0 Å². The molecule has 0 spiro atoms. The summed E-state index contributed by atoms with van der Waals surface area (Å²) in [6, 6.07) is 5.82. The van der Waals surface area contributed by atoms with Gasteiger partial charge in [-0.05, 0) is 30.7 Å². The molecule has 1 aromatic carbocycles. The first-order valence-electron chi connectivity index (χ1n) is 8.50. The molecule has 0 amide bonds. The summed E-state index contributed by atoms with van der Waals surface area (Å²) in [7, 11) is 0. The number of ether oxygens (including phenoxy) is 2. The molecule has 0 unspecified atom stereocenters. The van der Waals surface area contributed by atoms with E-state index in [4.69, 9.17) is 14.6 Å². The van der Waals surface area contributed by atoms with E-state index in [-0.39, 0.29) is 18.0 Å². The van der Waals surface area contributed by atoms with Crippen molar-refractivity contribution in [2.24, 2.45) is 0 Å². The number of rotatable bonds is 12. The van der Waals surface area contributed by atoms with Gasteiger partial charge in [-0.25, -0.2) is 0 Å². The highest BCUT2D eigenvalue weighted by molar-refractivity contribution is 5.72. The lowest BCUT2D eigenvalue weighted by atomic mass is 10.0. The molecule has 0 aliphatic rings. The summed E-state index contributed by atoms with van der Waals surface area (Å²) in [4.78, 5) is 22.7. The maximum absolute atomic E-state index is 11.6. The number of aliphatic hydroxyl groups excluding tert-OH is 4. The molecular weight excluding hydrogens is 344 g/mol. The van der Waals surface area contributed by atoms with Crippen LogP contribution in [0.15, 0.2) is 24.3 Å². The first-order chi connectivity index (χ1) is 12.4. The predicted octanol–water partition coefficient (Wildman–Crippen LogP) is 0.194. The molecule has 0 saturated carbocycles. The SMILES string of the molecule is CCCCCC(=O)Oc1ccc(O[C@@H](C=O)[C@@H](O)[C@H](O)[C@H](O)CO)cc1. The lowest BCUT2D eigenvalue weighted by Gasteiger charge is -2.26. The van der Waals surface area contributed by atoms with Gasteiger partial charge in [-0.1, -0.05) is 19.8 Å². The normalized spacial score (nSPS) is 15.6. The fraction of sp³-hybridized carbons (Fsp3) is 0.556. The highest BCUT2D eigenvalue weighted by Gasteiger charge is 2.32. The van der Waals surface area contributed by atoms with Crippen LogP contribution in [0.4, 0.5) is 0 Å². The highest BCUT2D eigenvalue weighted by atomic mass is 16.5. The van der Waals surface area contributed by atoms with Gasteiger partial charge in [0.2, 0.25) is 0 Å². The third-order valence-electron chi connectivity index (χ3n) is 3.71. The molecule has 0 bridgehead atoms. The van der Waals surface area contributed by atoms with Crippen molar-refractivity contribution < 1.29 is 39.5 Å². The number of unbranched alkanes of at least 4 members (excludes halogenated alkanes) is 2. The number of hydrogen-bond donors (Lipinski definition) is 4. The van der Waals surface area contributed by atoms with E-state index in [1.54, 1.807) is 0 Å². The van der Waals surface area contributed by atoms with Crippen LogP contribution in [-0.2, 0) is 9.59 Å². The Hall–Kier alpha value is -2.00. The highest BCUT2D eigenvalue weighted by Crippen LogP contribution is 2.20. The van der Waals surface area contributed by atoms with Crippen molar-refractivity contribution in [2.45, 2.75) is 57.0 Å². The Kier molecular flexibility index (Phi) is 9.82. The third kappa shape index (κ3) is 7.09. The van der Waals surface area contributed by atoms with Crippen molar-refractivity contribution in [1.29, 1.82) is 0 Å². The second kappa shape index (κ2) is 11.6. The van der Waals surface area contributed by atoms with Crippen molar-refractivity contribution >= 4 is 12.3 Å². The number of hydrogen-bond acceptors (Lipinski definition) is 8. The zero-order valence-corrected chi connectivity index (χ0v) is 14.7. The molecule has 1 rings (SSSR count). The number of carbonyl (C=O) groups is 2. The Balaban J connectivity index is 2.61. The van der Waals surface area contributed by atoms with E-state index >= 15 is 0 Å². The van der Waals surface area contributed by atoms with Crippen molar-refractivity contribution in [2.75, 3.05) is 6.61 Å². The Labute approximate surface area is 152 Å². The Morgan fingerprint density at radius 1 is 1.08 bits per heavy atom. The first kappa shape index (κ1) is 22.0.